The summed E-state index contributed by atoms with van der Waals surface area (Å²) in [5.74, 6) is 1.57. The lowest BCUT2D eigenvalue weighted by molar-refractivity contribution is 0.222. The molecule has 0 unspecified atom stereocenters. The van der Waals surface area contributed by atoms with E-state index in [1.807, 2.05) is 26.1 Å². The number of benzene rings is 1. The minimum atomic E-state index is -3.51. The number of hydrogen-bond donors (Lipinski definition) is 2. The standard InChI is InChI=1S/C22H37N5O2S/c1-4-23-22(25-20-11-9-18(2)10-12-20)24-17-19-7-5-6-8-21(19)30(28,29)27-15-13-26(3)14-16-27/h5-8,18,20H,4,9-17H2,1-3H3,(H2,23,24,25). The van der Waals surface area contributed by atoms with Crippen molar-refractivity contribution >= 4 is 16.0 Å². The molecule has 168 valence electrons. The molecular weight excluding hydrogens is 398 g/mol. The Kier molecular flexibility index (Phi) is 8.13. The van der Waals surface area contributed by atoms with Gasteiger partial charge in [0.1, 0.15) is 0 Å². The van der Waals surface area contributed by atoms with E-state index in [-0.39, 0.29) is 0 Å². The van der Waals surface area contributed by atoms with E-state index < -0.39 is 10.0 Å². The van der Waals surface area contributed by atoms with Crippen LogP contribution in [-0.2, 0) is 16.6 Å². The summed E-state index contributed by atoms with van der Waals surface area (Å²) >= 11 is 0. The number of likely N-dealkylation sites (N-methyl/N-ethyl adjacent to an activating group) is 1. The van der Waals surface area contributed by atoms with Crippen LogP contribution >= 0.6 is 0 Å². The summed E-state index contributed by atoms with van der Waals surface area (Å²) in [6, 6.07) is 7.70. The highest BCUT2D eigenvalue weighted by atomic mass is 32.2. The van der Waals surface area contributed by atoms with E-state index in [2.05, 4.69) is 22.5 Å². The summed E-state index contributed by atoms with van der Waals surface area (Å²) in [4.78, 5) is 7.26. The molecule has 0 aromatic heterocycles. The SMILES string of the molecule is CCNC(=NCc1ccccc1S(=O)(=O)N1CCN(C)CC1)NC1CCC(C)CC1. The second kappa shape index (κ2) is 10.6. The summed E-state index contributed by atoms with van der Waals surface area (Å²) in [5.41, 5.74) is 0.742. The largest absolute Gasteiger partial charge is 0.357 e. The second-order valence-corrected chi connectivity index (χ2v) is 10.5. The first-order valence-corrected chi connectivity index (χ1v) is 12.7. The lowest BCUT2D eigenvalue weighted by Crippen LogP contribution is -2.47. The van der Waals surface area contributed by atoms with Crippen LogP contribution in [-0.4, -0.2) is 69.4 Å². The first-order chi connectivity index (χ1) is 14.4. The van der Waals surface area contributed by atoms with Crippen molar-refractivity contribution in [2.75, 3.05) is 39.8 Å². The van der Waals surface area contributed by atoms with E-state index >= 15 is 0 Å². The van der Waals surface area contributed by atoms with Gasteiger partial charge in [0.05, 0.1) is 11.4 Å². The Morgan fingerprint density at radius 3 is 2.43 bits per heavy atom. The van der Waals surface area contributed by atoms with Gasteiger partial charge < -0.3 is 15.5 Å². The van der Waals surface area contributed by atoms with Gasteiger partial charge in [-0.25, -0.2) is 13.4 Å². The first-order valence-electron chi connectivity index (χ1n) is 11.2. The van der Waals surface area contributed by atoms with Gasteiger partial charge in [-0.05, 0) is 57.2 Å². The molecule has 8 heteroatoms. The molecule has 7 nitrogen and oxygen atoms in total. The first kappa shape index (κ1) is 23.0. The van der Waals surface area contributed by atoms with Crippen molar-refractivity contribution in [1.82, 2.24) is 19.8 Å². The van der Waals surface area contributed by atoms with Crippen LogP contribution in [0.1, 0.15) is 45.1 Å². The molecule has 1 saturated heterocycles. The number of nitrogens with zero attached hydrogens (tertiary/aromatic N) is 3. The molecule has 0 radical (unpaired) electrons. The van der Waals surface area contributed by atoms with Crippen LogP contribution in [0.4, 0.5) is 0 Å². The Bertz CT molecular complexity index is 811. The van der Waals surface area contributed by atoms with Crippen molar-refractivity contribution in [2.24, 2.45) is 10.9 Å². The molecule has 2 fully saturated rings. The Morgan fingerprint density at radius 1 is 1.10 bits per heavy atom. The molecule has 3 rings (SSSR count). The Labute approximate surface area is 182 Å². The van der Waals surface area contributed by atoms with E-state index in [4.69, 9.17) is 4.99 Å². The number of aliphatic imine (C=N–C) groups is 1. The molecule has 1 aromatic carbocycles. The van der Waals surface area contributed by atoms with Crippen LogP contribution in [0.2, 0.25) is 0 Å². The number of sulfonamides is 1. The van der Waals surface area contributed by atoms with Gasteiger partial charge in [0, 0.05) is 38.8 Å². The molecular formula is C22H37N5O2S. The van der Waals surface area contributed by atoms with Gasteiger partial charge in [0.2, 0.25) is 10.0 Å². The second-order valence-electron chi connectivity index (χ2n) is 8.61. The third kappa shape index (κ3) is 5.95. The molecule has 1 heterocycles. The van der Waals surface area contributed by atoms with Gasteiger partial charge in [0.15, 0.2) is 5.96 Å². The van der Waals surface area contributed by atoms with Crippen molar-refractivity contribution in [3.05, 3.63) is 29.8 Å². The molecule has 0 spiro atoms. The molecule has 2 N–H and O–H groups in total. The van der Waals surface area contributed by atoms with Gasteiger partial charge >= 0.3 is 0 Å². The number of piperazine rings is 1. The van der Waals surface area contributed by atoms with Gasteiger partial charge in [0.25, 0.3) is 0 Å². The van der Waals surface area contributed by atoms with Crippen molar-refractivity contribution in [2.45, 2.75) is 57.0 Å². The maximum absolute atomic E-state index is 13.3. The zero-order chi connectivity index (χ0) is 21.6. The van der Waals surface area contributed by atoms with Crippen molar-refractivity contribution in [1.29, 1.82) is 0 Å². The van der Waals surface area contributed by atoms with E-state index in [0.717, 1.165) is 49.9 Å². The smallest absolute Gasteiger partial charge is 0.243 e. The number of nitrogens with one attached hydrogen (secondary N) is 2. The fourth-order valence-electron chi connectivity index (χ4n) is 4.14. The highest BCUT2D eigenvalue weighted by Crippen LogP contribution is 2.24. The molecule has 1 saturated carbocycles. The molecule has 1 aromatic rings. The topological polar surface area (TPSA) is 77.0 Å². The average Bonchev–Trinajstić information content (AvgIpc) is 2.74. The van der Waals surface area contributed by atoms with Gasteiger partial charge in [-0.1, -0.05) is 25.1 Å². The predicted octanol–water partition coefficient (Wildman–Crippen LogP) is 2.26. The Hall–Kier alpha value is -1.64. The zero-order valence-electron chi connectivity index (χ0n) is 18.6. The lowest BCUT2D eigenvalue weighted by atomic mass is 9.87. The van der Waals surface area contributed by atoms with Gasteiger partial charge in [-0.15, -0.1) is 0 Å². The normalized spacial score (nSPS) is 24.6. The van der Waals surface area contributed by atoms with Crippen molar-refractivity contribution < 1.29 is 8.42 Å². The van der Waals surface area contributed by atoms with Crippen LogP contribution in [0.3, 0.4) is 0 Å². The third-order valence-electron chi connectivity index (χ3n) is 6.16. The van der Waals surface area contributed by atoms with Gasteiger partial charge in [-0.3, -0.25) is 0 Å². The fraction of sp³-hybridized carbons (Fsp3) is 0.682. The minimum Gasteiger partial charge on any atom is -0.357 e. The molecule has 30 heavy (non-hydrogen) atoms. The maximum Gasteiger partial charge on any atom is 0.243 e. The number of rotatable bonds is 6. The molecule has 0 amide bonds. The highest BCUT2D eigenvalue weighted by molar-refractivity contribution is 7.89. The maximum atomic E-state index is 13.3. The quantitative estimate of drug-likeness (QED) is 0.529. The summed E-state index contributed by atoms with van der Waals surface area (Å²) in [6.45, 7) is 8.04. The van der Waals surface area contributed by atoms with Crippen LogP contribution in [0.15, 0.2) is 34.2 Å². The Balaban J connectivity index is 1.73. The predicted molar refractivity (Wildman–Crippen MR) is 122 cm³/mol. The van der Waals surface area contributed by atoms with Crippen LogP contribution < -0.4 is 10.6 Å². The summed E-state index contributed by atoms with van der Waals surface area (Å²) in [5, 5.41) is 6.86. The molecule has 0 atom stereocenters. The van der Waals surface area contributed by atoms with E-state index in [9.17, 15) is 8.42 Å². The van der Waals surface area contributed by atoms with Crippen molar-refractivity contribution in [3.63, 3.8) is 0 Å². The summed E-state index contributed by atoms with van der Waals surface area (Å²) < 4.78 is 28.1. The fourth-order valence-corrected chi connectivity index (χ4v) is 5.77. The molecule has 0 bridgehead atoms. The van der Waals surface area contributed by atoms with E-state index in [0.29, 0.717) is 30.6 Å². The highest BCUT2D eigenvalue weighted by Gasteiger charge is 2.29. The number of hydrogen-bond acceptors (Lipinski definition) is 4. The molecule has 1 aliphatic heterocycles. The van der Waals surface area contributed by atoms with Gasteiger partial charge in [-0.2, -0.15) is 4.31 Å². The average molecular weight is 436 g/mol. The van der Waals surface area contributed by atoms with Crippen LogP contribution in [0, 0.1) is 5.92 Å². The number of guanidine groups is 1. The molecule has 1 aliphatic carbocycles. The summed E-state index contributed by atoms with van der Waals surface area (Å²) in [6.07, 6.45) is 4.78. The third-order valence-corrected chi connectivity index (χ3v) is 8.16. The lowest BCUT2D eigenvalue weighted by Gasteiger charge is -2.32. The van der Waals surface area contributed by atoms with Crippen LogP contribution in [0.25, 0.3) is 0 Å². The Morgan fingerprint density at radius 2 is 1.77 bits per heavy atom. The summed E-state index contributed by atoms with van der Waals surface area (Å²) in [7, 11) is -1.49. The zero-order valence-corrected chi connectivity index (χ0v) is 19.4. The minimum absolute atomic E-state index is 0.335. The van der Waals surface area contributed by atoms with E-state index in [1.165, 1.54) is 12.8 Å². The van der Waals surface area contributed by atoms with Crippen molar-refractivity contribution in [3.8, 4) is 0 Å². The van der Waals surface area contributed by atoms with E-state index in [1.54, 1.807) is 16.4 Å². The molecule has 2 aliphatic rings. The van der Waals surface area contributed by atoms with Crippen LogP contribution in [0.5, 0.6) is 0 Å². The monoisotopic (exact) mass is 435 g/mol.